The van der Waals surface area contributed by atoms with Gasteiger partial charge in [-0.1, -0.05) is 12.1 Å². The fourth-order valence-corrected chi connectivity index (χ4v) is 3.65. The number of carbonyl (C=O) groups excluding carboxylic acids is 1. The lowest BCUT2D eigenvalue weighted by atomic mass is 10.1. The van der Waals surface area contributed by atoms with Crippen molar-refractivity contribution in [2.24, 2.45) is 4.99 Å². The van der Waals surface area contributed by atoms with E-state index in [0.717, 1.165) is 28.0 Å². The first-order valence-electron chi connectivity index (χ1n) is 11.7. The highest BCUT2D eigenvalue weighted by Crippen LogP contribution is 2.30. The Morgan fingerprint density at radius 2 is 1.89 bits per heavy atom. The summed E-state index contributed by atoms with van der Waals surface area (Å²) in [4.78, 5) is 26.0. The Labute approximate surface area is 205 Å². The minimum atomic E-state index is -0.312. The van der Waals surface area contributed by atoms with Crippen LogP contribution in [0, 0.1) is 0 Å². The summed E-state index contributed by atoms with van der Waals surface area (Å²) in [5, 5.41) is 7.22. The third kappa shape index (κ3) is 6.56. The Balaban J connectivity index is 1.61. The van der Waals surface area contributed by atoms with Crippen LogP contribution >= 0.6 is 0 Å². The van der Waals surface area contributed by atoms with E-state index in [1.165, 1.54) is 5.57 Å². The van der Waals surface area contributed by atoms with Gasteiger partial charge in [0.05, 0.1) is 18.7 Å². The Morgan fingerprint density at radius 3 is 2.63 bits per heavy atom. The van der Waals surface area contributed by atoms with E-state index < -0.39 is 0 Å². The molecule has 1 aromatic heterocycles. The summed E-state index contributed by atoms with van der Waals surface area (Å²) in [6.07, 6.45) is 3.83. The number of carbonyl (C=O) groups is 1. The molecule has 0 fully saturated rings. The summed E-state index contributed by atoms with van der Waals surface area (Å²) < 4.78 is 11.4. The van der Waals surface area contributed by atoms with Crippen molar-refractivity contribution in [2.45, 2.75) is 33.2 Å². The molecule has 0 radical (unpaired) electrons. The van der Waals surface area contributed by atoms with Crippen LogP contribution in [0.25, 0.3) is 22.3 Å². The van der Waals surface area contributed by atoms with Crippen LogP contribution in [0.4, 0.5) is 5.82 Å². The van der Waals surface area contributed by atoms with E-state index >= 15 is 0 Å². The molecule has 2 heterocycles. The van der Waals surface area contributed by atoms with Crippen LogP contribution in [-0.2, 0) is 4.79 Å². The number of nitrogens with zero attached hydrogens (tertiary/aromatic N) is 3. The summed E-state index contributed by atoms with van der Waals surface area (Å²) in [5.41, 5.74) is 2.46. The van der Waals surface area contributed by atoms with Crippen LogP contribution in [0.3, 0.4) is 0 Å². The van der Waals surface area contributed by atoms with Crippen molar-refractivity contribution < 1.29 is 14.3 Å². The zero-order valence-electron chi connectivity index (χ0n) is 20.6. The average molecular weight is 474 g/mol. The molecule has 0 saturated carbocycles. The van der Waals surface area contributed by atoms with Crippen LogP contribution in [0.15, 0.2) is 59.1 Å². The van der Waals surface area contributed by atoms with E-state index in [1.807, 2.05) is 82.5 Å². The number of allylic oxidation sites excluding steroid dienone is 1. The Morgan fingerprint density at radius 1 is 1.06 bits per heavy atom. The van der Waals surface area contributed by atoms with Gasteiger partial charge in [-0.2, -0.15) is 0 Å². The molecule has 8 heteroatoms. The van der Waals surface area contributed by atoms with E-state index in [9.17, 15) is 4.79 Å². The van der Waals surface area contributed by atoms with Crippen molar-refractivity contribution >= 4 is 28.8 Å². The standard InChI is InChI=1S/C27H31N5O3/c1-5-34-21-9-10-23-22(14-21)26(29-16-18-11-12-28-15-18)31-25(30-23)19-7-6-8-20(13-19)35-17-24(33)32-27(2,3)4/h6-14H,5,15-17H2,1-4H3,(H,32,33)(H,29,30,31). The lowest BCUT2D eigenvalue weighted by molar-refractivity contribution is -0.124. The van der Waals surface area contributed by atoms with Crippen LogP contribution in [0.2, 0.25) is 0 Å². The molecule has 1 aliphatic rings. The number of hydrogen-bond acceptors (Lipinski definition) is 7. The molecular weight excluding hydrogens is 442 g/mol. The maximum atomic E-state index is 12.1. The van der Waals surface area contributed by atoms with Crippen LogP contribution < -0.4 is 20.1 Å². The van der Waals surface area contributed by atoms with Crippen LogP contribution in [-0.4, -0.2) is 53.9 Å². The summed E-state index contributed by atoms with van der Waals surface area (Å²) in [6.45, 7) is 9.59. The molecule has 0 aliphatic carbocycles. The number of fused-ring (bicyclic) bond motifs is 1. The average Bonchev–Trinajstić information content (AvgIpc) is 3.34. The molecule has 0 unspecified atom stereocenters. The minimum absolute atomic E-state index is 0.0660. The van der Waals surface area contributed by atoms with Gasteiger partial charge >= 0.3 is 0 Å². The van der Waals surface area contributed by atoms with E-state index in [1.54, 1.807) is 0 Å². The molecular formula is C27H31N5O3. The SMILES string of the molecule is CCOc1ccc2nc(-c3cccc(OCC(=O)NC(C)(C)C)c3)nc(NCC3=CC=NC3)c2c1. The molecule has 1 amide bonds. The van der Waals surface area contributed by atoms with Gasteiger partial charge in [0.25, 0.3) is 5.91 Å². The van der Waals surface area contributed by atoms with Crippen LogP contribution in [0.5, 0.6) is 11.5 Å². The number of aliphatic imine (C=N–C) groups is 1. The molecule has 4 rings (SSSR count). The predicted octanol–water partition coefficient (Wildman–Crippen LogP) is 4.41. The quantitative estimate of drug-likeness (QED) is 0.478. The molecule has 2 N–H and O–H groups in total. The van der Waals surface area contributed by atoms with Gasteiger partial charge in [-0.25, -0.2) is 9.97 Å². The molecule has 2 aromatic carbocycles. The van der Waals surface area contributed by atoms with Crippen molar-refractivity contribution in [2.75, 3.05) is 31.6 Å². The predicted molar refractivity (Wildman–Crippen MR) is 139 cm³/mol. The number of anilines is 1. The molecule has 8 nitrogen and oxygen atoms in total. The van der Waals surface area contributed by atoms with E-state index in [2.05, 4.69) is 15.6 Å². The van der Waals surface area contributed by atoms with Crippen molar-refractivity contribution in [1.82, 2.24) is 15.3 Å². The number of hydrogen-bond donors (Lipinski definition) is 2. The van der Waals surface area contributed by atoms with Crippen molar-refractivity contribution in [1.29, 1.82) is 0 Å². The number of amides is 1. The highest BCUT2D eigenvalue weighted by Gasteiger charge is 2.15. The first kappa shape index (κ1) is 24.2. The first-order chi connectivity index (χ1) is 16.8. The lowest BCUT2D eigenvalue weighted by Gasteiger charge is -2.20. The topological polar surface area (TPSA) is 97.7 Å². The highest BCUT2D eigenvalue weighted by molar-refractivity contribution is 5.92. The second kappa shape index (κ2) is 10.5. The number of nitrogens with one attached hydrogen (secondary N) is 2. The van der Waals surface area contributed by atoms with Crippen LogP contribution in [0.1, 0.15) is 27.7 Å². The minimum Gasteiger partial charge on any atom is -0.494 e. The lowest BCUT2D eigenvalue weighted by Crippen LogP contribution is -2.43. The number of aromatic nitrogens is 2. The largest absolute Gasteiger partial charge is 0.494 e. The summed E-state index contributed by atoms with van der Waals surface area (Å²) >= 11 is 0. The second-order valence-corrected chi connectivity index (χ2v) is 9.29. The van der Waals surface area contributed by atoms with Gasteiger partial charge < -0.3 is 20.1 Å². The van der Waals surface area contributed by atoms with Gasteiger partial charge in [0.15, 0.2) is 12.4 Å². The highest BCUT2D eigenvalue weighted by atomic mass is 16.5. The van der Waals surface area contributed by atoms with E-state index in [4.69, 9.17) is 19.4 Å². The van der Waals surface area contributed by atoms with Crippen molar-refractivity contribution in [3.05, 3.63) is 54.1 Å². The number of rotatable bonds is 9. The summed E-state index contributed by atoms with van der Waals surface area (Å²) in [5.74, 6) is 2.45. The molecule has 0 atom stereocenters. The zero-order chi connectivity index (χ0) is 24.8. The fraction of sp³-hybridized carbons (Fsp3) is 0.333. The molecule has 1 aliphatic heterocycles. The Kier molecular flexibility index (Phi) is 7.29. The molecule has 0 saturated heterocycles. The molecule has 35 heavy (non-hydrogen) atoms. The van der Waals surface area contributed by atoms with E-state index in [0.29, 0.717) is 31.3 Å². The van der Waals surface area contributed by atoms with Crippen molar-refractivity contribution in [3.63, 3.8) is 0 Å². The van der Waals surface area contributed by atoms with Gasteiger partial charge in [-0.05, 0) is 69.7 Å². The van der Waals surface area contributed by atoms with Gasteiger partial charge in [0, 0.05) is 29.2 Å². The van der Waals surface area contributed by atoms with E-state index in [-0.39, 0.29) is 18.1 Å². The van der Waals surface area contributed by atoms with Gasteiger partial charge in [0.2, 0.25) is 0 Å². The van der Waals surface area contributed by atoms with Crippen molar-refractivity contribution in [3.8, 4) is 22.9 Å². The molecule has 0 spiro atoms. The Hall–Kier alpha value is -3.94. The fourth-order valence-electron chi connectivity index (χ4n) is 3.65. The van der Waals surface area contributed by atoms with Gasteiger partial charge in [-0.3, -0.25) is 9.79 Å². The third-order valence-electron chi connectivity index (χ3n) is 5.15. The third-order valence-corrected chi connectivity index (χ3v) is 5.15. The zero-order valence-corrected chi connectivity index (χ0v) is 20.6. The molecule has 0 bridgehead atoms. The van der Waals surface area contributed by atoms with Gasteiger partial charge in [0.1, 0.15) is 17.3 Å². The normalized spacial score (nSPS) is 13.0. The summed E-state index contributed by atoms with van der Waals surface area (Å²) in [6, 6.07) is 13.3. The molecule has 3 aromatic rings. The molecule has 182 valence electrons. The summed E-state index contributed by atoms with van der Waals surface area (Å²) in [7, 11) is 0. The number of ether oxygens (including phenoxy) is 2. The second-order valence-electron chi connectivity index (χ2n) is 9.29. The van der Waals surface area contributed by atoms with Gasteiger partial charge in [-0.15, -0.1) is 0 Å². The first-order valence-corrected chi connectivity index (χ1v) is 11.7. The maximum Gasteiger partial charge on any atom is 0.258 e. The number of benzene rings is 2. The smallest absolute Gasteiger partial charge is 0.258 e. The Bertz CT molecular complexity index is 1280. The monoisotopic (exact) mass is 473 g/mol. The maximum absolute atomic E-state index is 12.1.